The van der Waals surface area contributed by atoms with Crippen LogP contribution in [0, 0.1) is 0 Å². The molecule has 0 saturated heterocycles. The van der Waals surface area contributed by atoms with Crippen LogP contribution in [0.2, 0.25) is 0 Å². The molecule has 0 spiro atoms. The summed E-state index contributed by atoms with van der Waals surface area (Å²) in [6, 6.07) is 5.13. The van der Waals surface area contributed by atoms with E-state index in [4.69, 9.17) is 16.2 Å². The van der Waals surface area contributed by atoms with E-state index in [1.807, 2.05) is 12.1 Å². The molecule has 1 atom stereocenters. The number of hydrogen-bond donors (Lipinski definition) is 3. The molecule has 0 saturated carbocycles. The number of ether oxygens (including phenoxy) is 1. The fraction of sp³-hybridized carbons (Fsp3) is 0.364. The molecule has 0 aliphatic rings. The molecule has 5 nitrogen and oxygen atoms in total. The van der Waals surface area contributed by atoms with Crippen LogP contribution in [0.3, 0.4) is 0 Å². The minimum absolute atomic E-state index is 0.384. The lowest BCUT2D eigenvalue weighted by Gasteiger charge is -2.13. The topological polar surface area (TPSA) is 90.4 Å². The van der Waals surface area contributed by atoms with Crippen LogP contribution in [0.5, 0.6) is 5.75 Å². The first-order chi connectivity index (χ1) is 7.56. The van der Waals surface area contributed by atoms with Crippen molar-refractivity contribution in [3.8, 4) is 5.75 Å². The normalized spacial score (nSPS) is 12.1. The summed E-state index contributed by atoms with van der Waals surface area (Å²) in [5.41, 5.74) is 12.5. The Kier molecular flexibility index (Phi) is 4.13. The summed E-state index contributed by atoms with van der Waals surface area (Å²) in [5.74, 6) is 0.243. The number of anilines is 1. The number of nitrogens with one attached hydrogen (secondary N) is 1. The number of methoxy groups -OCH3 is 1. The predicted octanol–water partition coefficient (Wildman–Crippen LogP) is 0.241. The zero-order valence-electron chi connectivity index (χ0n) is 9.49. The van der Waals surface area contributed by atoms with Crippen LogP contribution in [-0.4, -0.2) is 19.1 Å². The van der Waals surface area contributed by atoms with Gasteiger partial charge in [-0.15, -0.1) is 0 Å². The van der Waals surface area contributed by atoms with E-state index in [2.05, 4.69) is 5.32 Å². The molecule has 0 bridgehead atoms. The van der Waals surface area contributed by atoms with E-state index in [1.165, 1.54) is 0 Å². The van der Waals surface area contributed by atoms with Crippen molar-refractivity contribution in [2.75, 3.05) is 12.8 Å². The minimum atomic E-state index is -0.388. The lowest BCUT2D eigenvalue weighted by molar-refractivity contribution is -0.119. The Hall–Kier alpha value is -1.75. The van der Waals surface area contributed by atoms with Crippen LogP contribution in [0.1, 0.15) is 12.5 Å². The number of para-hydroxylation sites is 1. The lowest BCUT2D eigenvalue weighted by atomic mass is 10.1. The Bertz CT molecular complexity index is 379. The van der Waals surface area contributed by atoms with Gasteiger partial charge in [0.15, 0.2) is 0 Å². The minimum Gasteiger partial charge on any atom is -0.495 e. The Morgan fingerprint density at radius 2 is 2.25 bits per heavy atom. The summed E-state index contributed by atoms with van der Waals surface area (Å²) in [6.07, 6.45) is 0. The van der Waals surface area contributed by atoms with Crippen molar-refractivity contribution < 1.29 is 9.53 Å². The van der Waals surface area contributed by atoms with Gasteiger partial charge in [-0.2, -0.15) is 0 Å². The van der Waals surface area contributed by atoms with Crippen LogP contribution in [0.15, 0.2) is 18.2 Å². The quantitative estimate of drug-likeness (QED) is 0.624. The van der Waals surface area contributed by atoms with Gasteiger partial charge in [0.1, 0.15) is 5.75 Å². The molecule has 0 aliphatic heterocycles. The first kappa shape index (κ1) is 12.3. The van der Waals surface area contributed by atoms with E-state index in [-0.39, 0.29) is 11.9 Å². The van der Waals surface area contributed by atoms with Crippen LogP contribution < -0.4 is 21.5 Å². The number of rotatable bonds is 5. The van der Waals surface area contributed by atoms with Crippen LogP contribution in [0.4, 0.5) is 5.69 Å². The SMILES string of the molecule is COc1cccc(CNC(C)C(N)=O)c1N. The number of primary amides is 1. The van der Waals surface area contributed by atoms with Crippen LogP contribution in [-0.2, 0) is 11.3 Å². The average molecular weight is 223 g/mol. The maximum absolute atomic E-state index is 10.8. The maximum Gasteiger partial charge on any atom is 0.234 e. The van der Waals surface area contributed by atoms with Gasteiger partial charge in [-0.05, 0) is 18.6 Å². The third-order valence-electron chi connectivity index (χ3n) is 2.40. The average Bonchev–Trinajstić information content (AvgIpc) is 2.27. The lowest BCUT2D eigenvalue weighted by Crippen LogP contribution is -2.38. The smallest absolute Gasteiger partial charge is 0.234 e. The molecule has 1 unspecified atom stereocenters. The van der Waals surface area contributed by atoms with E-state index in [9.17, 15) is 4.79 Å². The molecule has 0 heterocycles. The first-order valence-corrected chi connectivity index (χ1v) is 5.00. The van der Waals surface area contributed by atoms with Gasteiger partial charge in [0.25, 0.3) is 0 Å². The van der Waals surface area contributed by atoms with E-state index >= 15 is 0 Å². The van der Waals surface area contributed by atoms with Gasteiger partial charge >= 0.3 is 0 Å². The largest absolute Gasteiger partial charge is 0.495 e. The number of nitrogens with two attached hydrogens (primary N) is 2. The molecule has 0 aliphatic carbocycles. The molecular weight excluding hydrogens is 206 g/mol. The van der Waals surface area contributed by atoms with Crippen molar-refractivity contribution in [1.82, 2.24) is 5.32 Å². The molecule has 88 valence electrons. The first-order valence-electron chi connectivity index (χ1n) is 5.00. The highest BCUT2D eigenvalue weighted by atomic mass is 16.5. The van der Waals surface area contributed by atoms with Gasteiger partial charge in [0, 0.05) is 6.54 Å². The summed E-state index contributed by atoms with van der Waals surface area (Å²) in [6.45, 7) is 2.19. The Morgan fingerprint density at radius 1 is 1.56 bits per heavy atom. The summed E-state index contributed by atoms with van der Waals surface area (Å²) in [5, 5.41) is 2.98. The fourth-order valence-electron chi connectivity index (χ4n) is 1.29. The van der Waals surface area contributed by atoms with Gasteiger partial charge in [-0.1, -0.05) is 12.1 Å². The third-order valence-corrected chi connectivity index (χ3v) is 2.40. The van der Waals surface area contributed by atoms with Crippen molar-refractivity contribution >= 4 is 11.6 Å². The van der Waals surface area contributed by atoms with Crippen molar-refractivity contribution in [3.63, 3.8) is 0 Å². The highest BCUT2D eigenvalue weighted by Crippen LogP contribution is 2.24. The standard InChI is InChI=1S/C11H17N3O2/c1-7(11(13)15)14-6-8-4-3-5-9(16-2)10(8)12/h3-5,7,14H,6,12H2,1-2H3,(H2,13,15). The second kappa shape index (κ2) is 5.37. The summed E-state index contributed by atoms with van der Waals surface area (Å²) in [4.78, 5) is 10.8. The monoisotopic (exact) mass is 223 g/mol. The van der Waals surface area contributed by atoms with Crippen molar-refractivity contribution in [3.05, 3.63) is 23.8 Å². The molecule has 1 amide bonds. The van der Waals surface area contributed by atoms with E-state index in [0.717, 1.165) is 5.56 Å². The van der Waals surface area contributed by atoms with Gasteiger partial charge in [-0.3, -0.25) is 4.79 Å². The Morgan fingerprint density at radius 3 is 2.81 bits per heavy atom. The van der Waals surface area contributed by atoms with Crippen LogP contribution >= 0.6 is 0 Å². The number of carbonyl (C=O) groups is 1. The second-order valence-electron chi connectivity index (χ2n) is 3.54. The van der Waals surface area contributed by atoms with Crippen LogP contribution in [0.25, 0.3) is 0 Å². The molecule has 1 rings (SSSR count). The highest BCUT2D eigenvalue weighted by molar-refractivity contribution is 5.79. The molecule has 5 N–H and O–H groups in total. The summed E-state index contributed by atoms with van der Waals surface area (Å²) in [7, 11) is 1.56. The van der Waals surface area contributed by atoms with E-state index in [1.54, 1.807) is 20.1 Å². The van der Waals surface area contributed by atoms with Gasteiger partial charge in [0.05, 0.1) is 18.8 Å². The Labute approximate surface area is 94.8 Å². The van der Waals surface area contributed by atoms with Gasteiger partial charge in [-0.25, -0.2) is 0 Å². The van der Waals surface area contributed by atoms with E-state index < -0.39 is 0 Å². The zero-order chi connectivity index (χ0) is 12.1. The molecular formula is C11H17N3O2. The van der Waals surface area contributed by atoms with Crippen molar-refractivity contribution in [2.24, 2.45) is 5.73 Å². The summed E-state index contributed by atoms with van der Waals surface area (Å²) < 4.78 is 5.10. The maximum atomic E-state index is 10.8. The number of hydrogen-bond acceptors (Lipinski definition) is 4. The zero-order valence-corrected chi connectivity index (χ0v) is 9.49. The number of benzene rings is 1. The third kappa shape index (κ3) is 2.87. The molecule has 0 fully saturated rings. The van der Waals surface area contributed by atoms with Gasteiger partial charge < -0.3 is 21.5 Å². The highest BCUT2D eigenvalue weighted by Gasteiger charge is 2.09. The molecule has 5 heteroatoms. The molecule has 1 aromatic rings. The number of nitrogen functional groups attached to an aromatic ring is 1. The Balaban J connectivity index is 2.71. The van der Waals surface area contributed by atoms with E-state index in [0.29, 0.717) is 18.0 Å². The predicted molar refractivity (Wildman–Crippen MR) is 62.9 cm³/mol. The van der Waals surface area contributed by atoms with Crippen molar-refractivity contribution in [2.45, 2.75) is 19.5 Å². The molecule has 1 aromatic carbocycles. The fourth-order valence-corrected chi connectivity index (χ4v) is 1.29. The number of amides is 1. The van der Waals surface area contributed by atoms with Gasteiger partial charge in [0.2, 0.25) is 5.91 Å². The molecule has 0 radical (unpaired) electrons. The second-order valence-corrected chi connectivity index (χ2v) is 3.54. The van der Waals surface area contributed by atoms with Crippen molar-refractivity contribution in [1.29, 1.82) is 0 Å². The molecule has 0 aromatic heterocycles. The molecule has 16 heavy (non-hydrogen) atoms. The number of carbonyl (C=O) groups excluding carboxylic acids is 1. The summed E-state index contributed by atoms with van der Waals surface area (Å²) >= 11 is 0.